The van der Waals surface area contributed by atoms with Crippen molar-refractivity contribution >= 4 is 40.0 Å². The molecule has 0 saturated carbocycles. The minimum atomic E-state index is -0.446. The van der Waals surface area contributed by atoms with Gasteiger partial charge in [0.15, 0.2) is 0 Å². The predicted octanol–water partition coefficient (Wildman–Crippen LogP) is 5.64. The number of amides is 1. The van der Waals surface area contributed by atoms with Crippen molar-refractivity contribution in [3.63, 3.8) is 0 Å². The van der Waals surface area contributed by atoms with Crippen LogP contribution in [0.1, 0.15) is 22.2 Å². The molecule has 0 aliphatic heterocycles. The molecule has 0 aliphatic carbocycles. The number of carbonyl (C=O) groups excluding carboxylic acids is 2. The van der Waals surface area contributed by atoms with E-state index in [0.29, 0.717) is 10.6 Å². The van der Waals surface area contributed by atoms with Crippen molar-refractivity contribution in [2.45, 2.75) is 18.7 Å². The lowest BCUT2D eigenvalue weighted by atomic mass is 10.0. The third-order valence-electron chi connectivity index (χ3n) is 4.31. The summed E-state index contributed by atoms with van der Waals surface area (Å²) in [4.78, 5) is 27.3. The van der Waals surface area contributed by atoms with Crippen LogP contribution in [-0.2, 0) is 9.53 Å². The number of esters is 1. The van der Waals surface area contributed by atoms with Gasteiger partial charge in [-0.3, -0.25) is 4.79 Å². The fourth-order valence-electron chi connectivity index (χ4n) is 2.96. The number of hydrogen-bond donors (Lipinski definition) is 1. The second-order valence-electron chi connectivity index (χ2n) is 6.34. The molecule has 0 saturated heterocycles. The Kier molecular flexibility index (Phi) is 7.54. The van der Waals surface area contributed by atoms with Gasteiger partial charge in [-0.25, -0.2) is 4.79 Å². The number of hydrogen-bond acceptors (Lipinski definition) is 6. The molecule has 7 heteroatoms. The first kappa shape index (κ1) is 21.9. The normalized spacial score (nSPS) is 10.5. The molecule has 3 aromatic rings. The van der Waals surface area contributed by atoms with Crippen LogP contribution in [0.5, 0.6) is 5.75 Å². The Balaban J connectivity index is 1.87. The van der Waals surface area contributed by atoms with E-state index < -0.39 is 5.97 Å². The van der Waals surface area contributed by atoms with Crippen molar-refractivity contribution in [2.75, 3.05) is 24.8 Å². The van der Waals surface area contributed by atoms with Gasteiger partial charge >= 0.3 is 5.97 Å². The van der Waals surface area contributed by atoms with E-state index in [1.807, 2.05) is 61.5 Å². The van der Waals surface area contributed by atoms with Gasteiger partial charge in [0.25, 0.3) is 0 Å². The second-order valence-corrected chi connectivity index (χ2v) is 8.61. The Bertz CT molecular complexity index is 1010. The number of nitrogens with one attached hydrogen (secondary N) is 1. The largest absolute Gasteiger partial charge is 0.497 e. The Morgan fingerprint density at radius 2 is 1.77 bits per heavy atom. The van der Waals surface area contributed by atoms with Crippen LogP contribution in [-0.4, -0.2) is 31.3 Å². The summed E-state index contributed by atoms with van der Waals surface area (Å²) >= 11 is 2.82. The Morgan fingerprint density at radius 3 is 2.40 bits per heavy atom. The number of benzene rings is 2. The quantitative estimate of drug-likeness (QED) is 0.362. The third-order valence-corrected chi connectivity index (χ3v) is 6.34. The van der Waals surface area contributed by atoms with E-state index in [0.717, 1.165) is 26.6 Å². The number of rotatable bonds is 8. The van der Waals surface area contributed by atoms with Gasteiger partial charge in [-0.05, 0) is 43.7 Å². The lowest BCUT2D eigenvalue weighted by Gasteiger charge is -2.10. The zero-order chi connectivity index (χ0) is 21.5. The van der Waals surface area contributed by atoms with Crippen molar-refractivity contribution in [3.05, 3.63) is 65.0 Å². The van der Waals surface area contributed by atoms with Gasteiger partial charge in [-0.1, -0.05) is 30.3 Å². The van der Waals surface area contributed by atoms with E-state index in [2.05, 4.69) is 5.32 Å². The van der Waals surface area contributed by atoms with Gasteiger partial charge in [-0.2, -0.15) is 0 Å². The van der Waals surface area contributed by atoms with Crippen LogP contribution in [0.25, 0.3) is 11.1 Å². The summed E-state index contributed by atoms with van der Waals surface area (Å²) in [5.74, 6) is 0.368. The summed E-state index contributed by atoms with van der Waals surface area (Å²) in [6.45, 7) is 3.95. The van der Waals surface area contributed by atoms with Gasteiger partial charge in [0, 0.05) is 15.3 Å². The SMILES string of the molecule is CCOC(=O)c1c(NC(=O)CSc2ccccc2)sc(C)c1-c1ccc(OC)cc1. The maximum atomic E-state index is 12.8. The number of ether oxygens (including phenoxy) is 2. The molecule has 0 unspecified atom stereocenters. The molecule has 0 radical (unpaired) electrons. The average Bonchev–Trinajstić information content (AvgIpc) is 3.08. The molecular formula is C23H23NO4S2. The highest BCUT2D eigenvalue weighted by Gasteiger charge is 2.25. The Morgan fingerprint density at radius 1 is 1.07 bits per heavy atom. The van der Waals surface area contributed by atoms with Crippen LogP contribution in [0.4, 0.5) is 5.00 Å². The molecule has 1 N–H and O–H groups in total. The molecule has 5 nitrogen and oxygen atoms in total. The van der Waals surface area contributed by atoms with Gasteiger partial charge in [-0.15, -0.1) is 23.1 Å². The van der Waals surface area contributed by atoms with Crippen LogP contribution < -0.4 is 10.1 Å². The summed E-state index contributed by atoms with van der Waals surface area (Å²) in [6, 6.07) is 17.2. The Hall–Kier alpha value is -2.77. The van der Waals surface area contributed by atoms with Crippen LogP contribution in [0, 0.1) is 6.92 Å². The number of thioether (sulfide) groups is 1. The lowest BCUT2D eigenvalue weighted by Crippen LogP contribution is -2.16. The standard InChI is InChI=1S/C23H23NO4S2/c1-4-28-23(26)21-20(16-10-12-17(27-3)13-11-16)15(2)30-22(21)24-19(25)14-29-18-8-6-5-7-9-18/h5-13H,4,14H2,1-3H3,(H,24,25). The minimum absolute atomic E-state index is 0.170. The number of aryl methyl sites for hydroxylation is 1. The summed E-state index contributed by atoms with van der Waals surface area (Å²) in [5.41, 5.74) is 2.03. The molecule has 1 amide bonds. The molecule has 1 heterocycles. The second kappa shape index (κ2) is 10.3. The average molecular weight is 442 g/mol. The highest BCUT2D eigenvalue weighted by atomic mass is 32.2. The summed E-state index contributed by atoms with van der Waals surface area (Å²) in [6.07, 6.45) is 0. The summed E-state index contributed by atoms with van der Waals surface area (Å²) < 4.78 is 10.5. The van der Waals surface area contributed by atoms with E-state index in [1.165, 1.54) is 23.1 Å². The van der Waals surface area contributed by atoms with Gasteiger partial charge < -0.3 is 14.8 Å². The molecule has 0 fully saturated rings. The fraction of sp³-hybridized carbons (Fsp3) is 0.217. The molecule has 3 rings (SSSR count). The van der Waals surface area contributed by atoms with E-state index in [-0.39, 0.29) is 18.3 Å². The first-order valence-corrected chi connectivity index (χ1v) is 11.3. The zero-order valence-electron chi connectivity index (χ0n) is 17.1. The molecular weight excluding hydrogens is 418 g/mol. The van der Waals surface area contributed by atoms with E-state index in [4.69, 9.17) is 9.47 Å². The molecule has 1 aromatic heterocycles. The zero-order valence-corrected chi connectivity index (χ0v) is 18.7. The van der Waals surface area contributed by atoms with Gasteiger partial charge in [0.2, 0.25) is 5.91 Å². The molecule has 2 aromatic carbocycles. The van der Waals surface area contributed by atoms with Crippen molar-refractivity contribution in [1.82, 2.24) is 0 Å². The number of methoxy groups -OCH3 is 1. The van der Waals surface area contributed by atoms with E-state index in [1.54, 1.807) is 14.0 Å². The van der Waals surface area contributed by atoms with Gasteiger partial charge in [0.05, 0.1) is 19.5 Å². The van der Waals surface area contributed by atoms with Crippen LogP contribution >= 0.6 is 23.1 Å². The maximum absolute atomic E-state index is 12.8. The van der Waals surface area contributed by atoms with Crippen molar-refractivity contribution in [3.8, 4) is 16.9 Å². The van der Waals surface area contributed by atoms with Crippen LogP contribution in [0.2, 0.25) is 0 Å². The first-order valence-electron chi connectivity index (χ1n) is 9.46. The minimum Gasteiger partial charge on any atom is -0.497 e. The molecule has 0 spiro atoms. The molecule has 0 atom stereocenters. The molecule has 0 aliphatic rings. The van der Waals surface area contributed by atoms with Gasteiger partial charge in [0.1, 0.15) is 16.3 Å². The Labute approximate surface area is 184 Å². The van der Waals surface area contributed by atoms with Crippen LogP contribution in [0.15, 0.2) is 59.5 Å². The van der Waals surface area contributed by atoms with Crippen LogP contribution in [0.3, 0.4) is 0 Å². The highest BCUT2D eigenvalue weighted by molar-refractivity contribution is 8.00. The van der Waals surface area contributed by atoms with E-state index in [9.17, 15) is 9.59 Å². The van der Waals surface area contributed by atoms with E-state index >= 15 is 0 Å². The highest BCUT2D eigenvalue weighted by Crippen LogP contribution is 2.41. The molecule has 0 bridgehead atoms. The van der Waals surface area contributed by atoms with Crippen molar-refractivity contribution in [1.29, 1.82) is 0 Å². The van der Waals surface area contributed by atoms with Crippen molar-refractivity contribution in [2.24, 2.45) is 0 Å². The topological polar surface area (TPSA) is 64.6 Å². The third kappa shape index (κ3) is 5.23. The summed E-state index contributed by atoms with van der Waals surface area (Å²) in [5, 5.41) is 3.42. The molecule has 30 heavy (non-hydrogen) atoms. The monoisotopic (exact) mass is 441 g/mol. The fourth-order valence-corrected chi connectivity index (χ4v) is 4.76. The first-order chi connectivity index (χ1) is 14.5. The molecule has 156 valence electrons. The van der Waals surface area contributed by atoms with Crippen molar-refractivity contribution < 1.29 is 19.1 Å². The number of anilines is 1. The predicted molar refractivity (Wildman–Crippen MR) is 123 cm³/mol. The number of carbonyl (C=O) groups is 2. The maximum Gasteiger partial charge on any atom is 0.341 e. The summed E-state index contributed by atoms with van der Waals surface area (Å²) in [7, 11) is 1.61. The smallest absolute Gasteiger partial charge is 0.341 e. The lowest BCUT2D eigenvalue weighted by molar-refractivity contribution is -0.113. The number of thiophene rings is 1.